The second-order valence-electron chi connectivity index (χ2n) is 12.5. The van der Waals surface area contributed by atoms with Crippen LogP contribution in [0.15, 0.2) is 12.7 Å². The summed E-state index contributed by atoms with van der Waals surface area (Å²) >= 11 is 0. The summed E-state index contributed by atoms with van der Waals surface area (Å²) in [6.07, 6.45) is 29.9. The fourth-order valence-corrected chi connectivity index (χ4v) is 6.03. The van der Waals surface area contributed by atoms with Gasteiger partial charge in [-0.25, -0.2) is 4.57 Å². The molecule has 0 radical (unpaired) electrons. The summed E-state index contributed by atoms with van der Waals surface area (Å²) in [7, 11) is -4.36. The monoisotopic (exact) mass is 675 g/mol. The molecule has 0 saturated carbocycles. The van der Waals surface area contributed by atoms with Crippen LogP contribution in [0.25, 0.3) is 0 Å². The van der Waals surface area contributed by atoms with Gasteiger partial charge in [0.1, 0.15) is 6.61 Å². The lowest BCUT2D eigenvalue weighted by atomic mass is 10.0. The number of carbonyl (C=O) groups is 2. The number of hydrogen-bond donors (Lipinski definition) is 2. The maximum Gasteiger partial charge on any atom is 0.472 e. The van der Waals surface area contributed by atoms with Crippen molar-refractivity contribution in [2.24, 2.45) is 5.73 Å². The maximum atomic E-state index is 12.5. The van der Waals surface area contributed by atoms with Gasteiger partial charge in [-0.1, -0.05) is 141 Å². The number of ether oxygens (including phenoxy) is 2. The van der Waals surface area contributed by atoms with Crippen LogP contribution in [-0.2, 0) is 32.7 Å². The summed E-state index contributed by atoms with van der Waals surface area (Å²) in [5, 5.41) is 0. The van der Waals surface area contributed by atoms with Crippen molar-refractivity contribution >= 4 is 19.8 Å². The van der Waals surface area contributed by atoms with Crippen LogP contribution in [0.4, 0.5) is 0 Å². The van der Waals surface area contributed by atoms with Gasteiger partial charge in [-0.05, 0) is 25.7 Å². The van der Waals surface area contributed by atoms with Gasteiger partial charge in [0.25, 0.3) is 0 Å². The van der Waals surface area contributed by atoms with Crippen LogP contribution in [0, 0.1) is 0 Å². The summed E-state index contributed by atoms with van der Waals surface area (Å²) in [5.74, 6) is -0.828. The highest BCUT2D eigenvalue weighted by Gasteiger charge is 2.25. The Bertz CT molecular complexity index is 766. The third kappa shape index (κ3) is 32.7. The van der Waals surface area contributed by atoms with Gasteiger partial charge in [0.2, 0.25) is 0 Å². The molecular formula is C36H70NO8P. The second kappa shape index (κ2) is 33.6. The van der Waals surface area contributed by atoms with Gasteiger partial charge in [0, 0.05) is 19.4 Å². The number of allylic oxidation sites excluding steroid dienone is 1. The van der Waals surface area contributed by atoms with E-state index in [1.54, 1.807) is 0 Å². The first-order valence-electron chi connectivity index (χ1n) is 18.6. The highest BCUT2D eigenvalue weighted by molar-refractivity contribution is 7.47. The largest absolute Gasteiger partial charge is 0.472 e. The minimum absolute atomic E-state index is 0.0554. The van der Waals surface area contributed by atoms with Gasteiger partial charge in [0.15, 0.2) is 6.10 Å². The van der Waals surface area contributed by atoms with Gasteiger partial charge in [-0.3, -0.25) is 18.6 Å². The fraction of sp³-hybridized carbons (Fsp3) is 0.889. The van der Waals surface area contributed by atoms with E-state index >= 15 is 0 Å². The van der Waals surface area contributed by atoms with Crippen molar-refractivity contribution in [1.29, 1.82) is 0 Å². The number of rotatable bonds is 36. The Labute approximate surface area is 281 Å². The molecule has 0 amide bonds. The van der Waals surface area contributed by atoms with Crippen LogP contribution in [0.2, 0.25) is 0 Å². The Morgan fingerprint density at radius 3 is 1.57 bits per heavy atom. The molecule has 0 aliphatic rings. The third-order valence-electron chi connectivity index (χ3n) is 8.05. The number of hydrogen-bond acceptors (Lipinski definition) is 8. The van der Waals surface area contributed by atoms with Crippen molar-refractivity contribution in [2.75, 3.05) is 26.4 Å². The van der Waals surface area contributed by atoms with E-state index < -0.39 is 26.5 Å². The minimum atomic E-state index is -4.36. The predicted molar refractivity (Wildman–Crippen MR) is 188 cm³/mol. The van der Waals surface area contributed by atoms with Crippen molar-refractivity contribution in [3.05, 3.63) is 12.7 Å². The van der Waals surface area contributed by atoms with Crippen molar-refractivity contribution in [3.8, 4) is 0 Å². The summed E-state index contributed by atoms with van der Waals surface area (Å²) in [6.45, 7) is 5.23. The van der Waals surface area contributed by atoms with Crippen LogP contribution in [0.5, 0.6) is 0 Å². The fourth-order valence-electron chi connectivity index (χ4n) is 5.26. The van der Waals surface area contributed by atoms with Crippen LogP contribution in [-0.4, -0.2) is 49.3 Å². The lowest BCUT2D eigenvalue weighted by Crippen LogP contribution is -2.29. The van der Waals surface area contributed by atoms with Crippen LogP contribution >= 0.6 is 7.82 Å². The number of esters is 2. The van der Waals surface area contributed by atoms with E-state index in [4.69, 9.17) is 24.3 Å². The first-order chi connectivity index (χ1) is 22.3. The molecule has 0 bridgehead atoms. The number of carbonyl (C=O) groups excluding carboxylic acids is 2. The zero-order valence-electron chi connectivity index (χ0n) is 29.4. The Hall–Kier alpha value is -1.25. The summed E-state index contributed by atoms with van der Waals surface area (Å²) in [6, 6.07) is 0. The minimum Gasteiger partial charge on any atom is -0.462 e. The number of phosphoric acid groups is 1. The molecule has 0 aromatic rings. The molecule has 0 aromatic heterocycles. The molecule has 0 rings (SSSR count). The van der Waals surface area contributed by atoms with Gasteiger partial charge < -0.3 is 20.1 Å². The Morgan fingerprint density at radius 2 is 1.11 bits per heavy atom. The molecule has 0 saturated heterocycles. The molecule has 9 nitrogen and oxygen atoms in total. The number of phosphoric ester groups is 1. The smallest absolute Gasteiger partial charge is 0.462 e. The molecule has 272 valence electrons. The van der Waals surface area contributed by atoms with E-state index in [2.05, 4.69) is 13.5 Å². The highest BCUT2D eigenvalue weighted by Crippen LogP contribution is 2.43. The van der Waals surface area contributed by atoms with E-state index in [-0.39, 0.29) is 38.6 Å². The third-order valence-corrected chi connectivity index (χ3v) is 9.03. The first kappa shape index (κ1) is 44.8. The topological polar surface area (TPSA) is 134 Å². The van der Waals surface area contributed by atoms with E-state index in [9.17, 15) is 19.0 Å². The average Bonchev–Trinajstić information content (AvgIpc) is 3.04. The quantitative estimate of drug-likeness (QED) is 0.0288. The van der Waals surface area contributed by atoms with Crippen molar-refractivity contribution in [3.63, 3.8) is 0 Å². The molecule has 0 aliphatic heterocycles. The van der Waals surface area contributed by atoms with Gasteiger partial charge in [-0.15, -0.1) is 6.58 Å². The molecule has 46 heavy (non-hydrogen) atoms. The van der Waals surface area contributed by atoms with Gasteiger partial charge in [-0.2, -0.15) is 0 Å². The number of unbranched alkanes of at least 4 members (excludes halogenated alkanes) is 22. The average molecular weight is 676 g/mol. The molecule has 3 N–H and O–H groups in total. The van der Waals surface area contributed by atoms with Crippen molar-refractivity contribution in [1.82, 2.24) is 0 Å². The standard InChI is InChI=1S/C36H70NO8P/c1-3-5-7-9-11-13-15-16-17-18-19-21-23-25-27-29-36(39)45-34(33-44-46(40,41)43-31-30-37)32-42-35(38)28-26-24-22-20-14-12-10-8-6-4-2/h3,34H,1,4-33,37H2,2H3,(H,40,41)/t34-/m1/s1. The van der Waals surface area contributed by atoms with Crippen molar-refractivity contribution < 1.29 is 37.6 Å². The molecular weight excluding hydrogens is 605 g/mol. The van der Waals surface area contributed by atoms with Gasteiger partial charge in [0.05, 0.1) is 13.2 Å². The molecule has 0 aliphatic carbocycles. The van der Waals surface area contributed by atoms with E-state index in [1.807, 2.05) is 6.08 Å². The Kier molecular flexibility index (Phi) is 32.7. The molecule has 0 aromatic carbocycles. The lowest BCUT2D eigenvalue weighted by Gasteiger charge is -2.19. The molecule has 10 heteroatoms. The Morgan fingerprint density at radius 1 is 0.674 bits per heavy atom. The molecule has 0 heterocycles. The summed E-state index contributed by atoms with van der Waals surface area (Å²) in [4.78, 5) is 34.6. The molecule has 2 atom stereocenters. The Balaban J connectivity index is 4.18. The summed E-state index contributed by atoms with van der Waals surface area (Å²) in [5.41, 5.74) is 5.32. The van der Waals surface area contributed by atoms with Crippen molar-refractivity contribution in [2.45, 2.75) is 180 Å². The number of nitrogens with two attached hydrogens (primary N) is 1. The SMILES string of the molecule is C=CCCCCCCCCCCCCCCCC(=O)O[C@H](COC(=O)CCCCCCCCCCCC)COP(=O)(O)OCCN. The van der Waals surface area contributed by atoms with Crippen LogP contribution < -0.4 is 5.73 Å². The molecule has 0 spiro atoms. The zero-order chi connectivity index (χ0) is 34.0. The van der Waals surface area contributed by atoms with E-state index in [0.717, 1.165) is 44.9 Å². The second-order valence-corrected chi connectivity index (χ2v) is 14.0. The zero-order valence-corrected chi connectivity index (χ0v) is 30.3. The summed E-state index contributed by atoms with van der Waals surface area (Å²) < 4.78 is 32.6. The first-order valence-corrected chi connectivity index (χ1v) is 20.1. The maximum absolute atomic E-state index is 12.5. The highest BCUT2D eigenvalue weighted by atomic mass is 31.2. The van der Waals surface area contributed by atoms with E-state index in [0.29, 0.717) is 6.42 Å². The van der Waals surface area contributed by atoms with Gasteiger partial charge >= 0.3 is 19.8 Å². The van der Waals surface area contributed by atoms with E-state index in [1.165, 1.54) is 103 Å². The van der Waals surface area contributed by atoms with Crippen LogP contribution in [0.3, 0.4) is 0 Å². The lowest BCUT2D eigenvalue weighted by molar-refractivity contribution is -0.161. The van der Waals surface area contributed by atoms with Crippen LogP contribution in [0.1, 0.15) is 174 Å². The normalized spacial score (nSPS) is 13.3. The molecule has 0 fully saturated rings. The molecule has 1 unspecified atom stereocenters. The predicted octanol–water partition coefficient (Wildman–Crippen LogP) is 9.88.